The maximum absolute atomic E-state index is 13.2. The molecule has 8 heteroatoms. The van der Waals surface area contributed by atoms with Crippen molar-refractivity contribution in [3.05, 3.63) is 90.5 Å². The molecule has 172 valence electrons. The number of nitrogens with one attached hydrogen (secondary N) is 1. The van der Waals surface area contributed by atoms with Crippen LogP contribution < -0.4 is 11.1 Å². The molecule has 3 aromatic heterocycles. The number of para-hydroxylation sites is 2. The van der Waals surface area contributed by atoms with E-state index in [1.165, 1.54) is 0 Å². The zero-order valence-corrected chi connectivity index (χ0v) is 18.8. The highest BCUT2D eigenvalue weighted by molar-refractivity contribution is 6.50. The van der Waals surface area contributed by atoms with Crippen LogP contribution >= 0.6 is 0 Å². The minimum Gasteiger partial charge on any atom is -0.330 e. The molecule has 3 N–H and O–H groups in total. The van der Waals surface area contributed by atoms with Crippen LogP contribution in [-0.4, -0.2) is 37.7 Å². The van der Waals surface area contributed by atoms with Crippen molar-refractivity contribution in [3.8, 4) is 5.69 Å². The third kappa shape index (κ3) is 3.34. The minimum absolute atomic E-state index is 0.284. The van der Waals surface area contributed by atoms with Crippen LogP contribution in [0.25, 0.3) is 38.6 Å². The van der Waals surface area contributed by atoms with E-state index in [4.69, 9.17) is 10.8 Å². The number of aryl methyl sites for hydroxylation is 1. The lowest BCUT2D eigenvalue weighted by molar-refractivity contribution is -0.122. The molecule has 4 heterocycles. The number of aromatic nitrogens is 4. The summed E-state index contributed by atoms with van der Waals surface area (Å²) in [5.74, 6) is -0.878. The second-order valence-electron chi connectivity index (χ2n) is 8.41. The lowest BCUT2D eigenvalue weighted by Crippen LogP contribution is -2.22. The van der Waals surface area contributed by atoms with Gasteiger partial charge >= 0.3 is 0 Å². The molecule has 2 aromatic carbocycles. The second kappa shape index (κ2) is 8.34. The molecule has 0 aliphatic carbocycles. The molecular formula is C27H22N6O2. The topological polar surface area (TPSA) is 108 Å². The first-order valence-corrected chi connectivity index (χ1v) is 11.4. The molecule has 0 atom stereocenters. The molecule has 35 heavy (non-hydrogen) atoms. The zero-order chi connectivity index (χ0) is 23.9. The largest absolute Gasteiger partial charge is 0.330 e. The fourth-order valence-electron chi connectivity index (χ4n) is 4.75. The van der Waals surface area contributed by atoms with Crippen molar-refractivity contribution in [2.75, 3.05) is 6.54 Å². The van der Waals surface area contributed by atoms with E-state index in [0.717, 1.165) is 33.9 Å². The van der Waals surface area contributed by atoms with Gasteiger partial charge in [-0.25, -0.2) is 0 Å². The first-order chi connectivity index (χ1) is 17.2. The number of pyridine rings is 1. The maximum Gasteiger partial charge on any atom is 0.261 e. The molecule has 8 nitrogen and oxygen atoms in total. The van der Waals surface area contributed by atoms with Crippen molar-refractivity contribution in [2.24, 2.45) is 5.73 Å². The summed E-state index contributed by atoms with van der Waals surface area (Å²) in [5.41, 5.74) is 10.2. The number of carbonyl (C=O) groups excluding carboxylic acids is 2. The number of hydrogen-bond acceptors (Lipinski definition) is 5. The van der Waals surface area contributed by atoms with Crippen LogP contribution in [0.5, 0.6) is 0 Å². The Labute approximate surface area is 200 Å². The molecule has 0 saturated heterocycles. The SMILES string of the molecule is NCCCn1nc(C2=C(c3cn(-c4cccnc4)c4ccccc34)C(=O)NC2=O)c2ccccc21. The summed E-state index contributed by atoms with van der Waals surface area (Å²) in [6.07, 6.45) is 6.12. The number of nitrogens with zero attached hydrogens (tertiary/aromatic N) is 4. The smallest absolute Gasteiger partial charge is 0.261 e. The Kier molecular flexibility index (Phi) is 5.00. The van der Waals surface area contributed by atoms with Crippen molar-refractivity contribution in [1.82, 2.24) is 24.6 Å². The molecule has 0 bridgehead atoms. The number of imide groups is 1. The van der Waals surface area contributed by atoms with Gasteiger partial charge in [0.2, 0.25) is 0 Å². The predicted molar refractivity (Wildman–Crippen MR) is 134 cm³/mol. The third-order valence-electron chi connectivity index (χ3n) is 6.31. The summed E-state index contributed by atoms with van der Waals surface area (Å²) in [5, 5.41) is 8.97. The van der Waals surface area contributed by atoms with Gasteiger partial charge < -0.3 is 10.3 Å². The Morgan fingerprint density at radius 1 is 0.857 bits per heavy atom. The van der Waals surface area contributed by atoms with Gasteiger partial charge in [-0.1, -0.05) is 36.4 Å². The average molecular weight is 463 g/mol. The van der Waals surface area contributed by atoms with E-state index in [9.17, 15) is 9.59 Å². The van der Waals surface area contributed by atoms with Gasteiger partial charge in [-0.3, -0.25) is 24.6 Å². The Morgan fingerprint density at radius 2 is 1.60 bits per heavy atom. The van der Waals surface area contributed by atoms with E-state index in [1.54, 1.807) is 12.4 Å². The number of carbonyl (C=O) groups is 2. The van der Waals surface area contributed by atoms with E-state index in [-0.39, 0.29) is 5.57 Å². The van der Waals surface area contributed by atoms with Gasteiger partial charge in [-0.15, -0.1) is 0 Å². The monoisotopic (exact) mass is 462 g/mol. The van der Waals surface area contributed by atoms with E-state index in [2.05, 4.69) is 10.3 Å². The third-order valence-corrected chi connectivity index (χ3v) is 6.31. The van der Waals surface area contributed by atoms with Crippen molar-refractivity contribution in [3.63, 3.8) is 0 Å². The van der Waals surface area contributed by atoms with Crippen LogP contribution in [0, 0.1) is 0 Å². The summed E-state index contributed by atoms with van der Waals surface area (Å²) < 4.78 is 3.84. The van der Waals surface area contributed by atoms with Crippen LogP contribution in [0.2, 0.25) is 0 Å². The number of rotatable bonds is 6. The maximum atomic E-state index is 13.2. The van der Waals surface area contributed by atoms with E-state index in [1.807, 2.05) is 76.1 Å². The number of fused-ring (bicyclic) bond motifs is 2. The van der Waals surface area contributed by atoms with Crippen molar-refractivity contribution >= 4 is 44.8 Å². The van der Waals surface area contributed by atoms with Crippen molar-refractivity contribution < 1.29 is 9.59 Å². The predicted octanol–water partition coefficient (Wildman–Crippen LogP) is 3.29. The second-order valence-corrected chi connectivity index (χ2v) is 8.41. The molecule has 2 amide bonds. The molecule has 0 unspecified atom stereocenters. The van der Waals surface area contributed by atoms with Gasteiger partial charge in [0, 0.05) is 35.3 Å². The molecule has 5 aromatic rings. The fraction of sp³-hybridized carbons (Fsp3) is 0.111. The lowest BCUT2D eigenvalue weighted by Gasteiger charge is -2.03. The molecule has 0 spiro atoms. The molecular weight excluding hydrogens is 440 g/mol. The molecule has 1 aliphatic heterocycles. The summed E-state index contributed by atoms with van der Waals surface area (Å²) in [6.45, 7) is 1.15. The summed E-state index contributed by atoms with van der Waals surface area (Å²) in [4.78, 5) is 30.6. The summed E-state index contributed by atoms with van der Waals surface area (Å²) in [7, 11) is 0. The van der Waals surface area contributed by atoms with Crippen LogP contribution in [0.1, 0.15) is 17.7 Å². The van der Waals surface area contributed by atoms with Crippen molar-refractivity contribution in [1.29, 1.82) is 0 Å². The Morgan fingerprint density at radius 3 is 2.37 bits per heavy atom. The quantitative estimate of drug-likeness (QED) is 0.377. The van der Waals surface area contributed by atoms with E-state index < -0.39 is 11.8 Å². The van der Waals surface area contributed by atoms with Gasteiger partial charge in [0.05, 0.1) is 34.1 Å². The normalized spacial score (nSPS) is 13.9. The first kappa shape index (κ1) is 21.0. The van der Waals surface area contributed by atoms with Crippen LogP contribution in [0.3, 0.4) is 0 Å². The Balaban J connectivity index is 1.63. The molecule has 1 aliphatic rings. The zero-order valence-electron chi connectivity index (χ0n) is 18.8. The standard InChI is InChI=1S/C27H22N6O2/c28-12-6-14-33-22-11-4-2-9-19(22)25(31-33)24-23(26(34)30-27(24)35)20-16-32(17-7-5-13-29-15-17)21-10-3-1-8-18(20)21/h1-5,7-11,13,15-16H,6,12,14,28H2,(H,30,34,35). The number of nitrogens with two attached hydrogens (primary N) is 1. The number of benzene rings is 2. The highest BCUT2D eigenvalue weighted by Crippen LogP contribution is 2.38. The summed E-state index contributed by atoms with van der Waals surface area (Å²) >= 11 is 0. The molecule has 0 saturated carbocycles. The Hall–Kier alpha value is -4.56. The van der Waals surface area contributed by atoms with Gasteiger partial charge in [0.1, 0.15) is 5.69 Å². The van der Waals surface area contributed by atoms with Gasteiger partial charge in [-0.2, -0.15) is 5.10 Å². The van der Waals surface area contributed by atoms with Crippen LogP contribution in [-0.2, 0) is 16.1 Å². The van der Waals surface area contributed by atoms with Gasteiger partial charge in [0.15, 0.2) is 0 Å². The van der Waals surface area contributed by atoms with E-state index in [0.29, 0.717) is 29.9 Å². The highest BCUT2D eigenvalue weighted by atomic mass is 16.2. The van der Waals surface area contributed by atoms with Crippen LogP contribution in [0.15, 0.2) is 79.3 Å². The molecule has 0 fully saturated rings. The number of hydrogen-bond donors (Lipinski definition) is 2. The minimum atomic E-state index is -0.447. The molecule has 6 rings (SSSR count). The van der Waals surface area contributed by atoms with E-state index >= 15 is 0 Å². The Bertz CT molecular complexity index is 1640. The average Bonchev–Trinajstić information content (AvgIpc) is 3.54. The number of amides is 2. The van der Waals surface area contributed by atoms with Gasteiger partial charge in [-0.05, 0) is 37.2 Å². The van der Waals surface area contributed by atoms with Crippen molar-refractivity contribution in [2.45, 2.75) is 13.0 Å². The summed E-state index contributed by atoms with van der Waals surface area (Å²) in [6, 6.07) is 19.3. The molecule has 0 radical (unpaired) electrons. The van der Waals surface area contributed by atoms with Gasteiger partial charge in [0.25, 0.3) is 11.8 Å². The first-order valence-electron chi connectivity index (χ1n) is 11.4. The fourth-order valence-corrected chi connectivity index (χ4v) is 4.75. The van der Waals surface area contributed by atoms with Crippen LogP contribution in [0.4, 0.5) is 0 Å². The highest BCUT2D eigenvalue weighted by Gasteiger charge is 2.36. The lowest BCUT2D eigenvalue weighted by atomic mass is 9.97.